The number of aryl methyl sites for hydroxylation is 6. The molecule has 6 aromatic carbocycles. The molecule has 0 atom stereocenters. The lowest BCUT2D eigenvalue weighted by Gasteiger charge is -2.32. The van der Waals surface area contributed by atoms with Crippen LogP contribution >= 0.6 is 0 Å². The van der Waals surface area contributed by atoms with Crippen LogP contribution in [0.3, 0.4) is 0 Å². The highest BCUT2D eigenvalue weighted by atomic mass is 15.3. The van der Waals surface area contributed by atoms with E-state index in [0.717, 1.165) is 33.7 Å². The van der Waals surface area contributed by atoms with E-state index in [0.29, 0.717) is 5.95 Å². The van der Waals surface area contributed by atoms with Crippen molar-refractivity contribution < 1.29 is 0 Å². The molecule has 1 heterocycles. The molecule has 0 radical (unpaired) electrons. The largest absolute Gasteiger partial charge is 0.309 e. The fourth-order valence-corrected chi connectivity index (χ4v) is 7.09. The molecule has 0 N–H and O–H groups in total. The van der Waals surface area contributed by atoms with Crippen molar-refractivity contribution in [1.82, 2.24) is 9.97 Å². The zero-order chi connectivity index (χ0) is 33.4. The number of hydrogen-bond donors (Lipinski definition) is 0. The van der Waals surface area contributed by atoms with Gasteiger partial charge in [-0.05, 0) is 117 Å². The Bertz CT molecular complexity index is 2150. The van der Waals surface area contributed by atoms with Gasteiger partial charge in [-0.2, -0.15) is 0 Å². The predicted octanol–water partition coefficient (Wildman–Crippen LogP) is 12.1. The van der Waals surface area contributed by atoms with Gasteiger partial charge in [0.1, 0.15) is 0 Å². The van der Waals surface area contributed by atoms with Gasteiger partial charge < -0.3 is 4.90 Å². The van der Waals surface area contributed by atoms with E-state index < -0.39 is 0 Å². The van der Waals surface area contributed by atoms with Gasteiger partial charge in [0.15, 0.2) is 0 Å². The molecule has 0 spiro atoms. The van der Waals surface area contributed by atoms with Gasteiger partial charge in [0.25, 0.3) is 0 Å². The Morgan fingerprint density at radius 3 is 1.52 bits per heavy atom. The van der Waals surface area contributed by atoms with E-state index >= 15 is 0 Å². The lowest BCUT2D eigenvalue weighted by Crippen LogP contribution is -2.17. The van der Waals surface area contributed by atoms with Gasteiger partial charge in [-0.25, -0.2) is 9.97 Å². The molecule has 0 fully saturated rings. The van der Waals surface area contributed by atoms with Crippen LogP contribution in [0.2, 0.25) is 0 Å². The normalized spacial score (nSPS) is 11.1. The van der Waals surface area contributed by atoms with E-state index in [2.05, 4.69) is 154 Å². The average Bonchev–Trinajstić information content (AvgIpc) is 3.08. The van der Waals surface area contributed by atoms with Crippen LogP contribution in [-0.4, -0.2) is 9.97 Å². The number of rotatable bonds is 7. The summed E-state index contributed by atoms with van der Waals surface area (Å²) in [6.45, 7) is 13.2. The lowest BCUT2D eigenvalue weighted by atomic mass is 9.98. The van der Waals surface area contributed by atoms with Crippen molar-refractivity contribution in [2.45, 2.75) is 41.5 Å². The molecule has 0 aliphatic heterocycles. The zero-order valence-corrected chi connectivity index (χ0v) is 28.5. The van der Waals surface area contributed by atoms with Crippen LogP contribution < -0.4 is 9.80 Å². The van der Waals surface area contributed by atoms with E-state index in [1.807, 2.05) is 30.5 Å². The first-order chi connectivity index (χ1) is 23.3. The van der Waals surface area contributed by atoms with Crippen LogP contribution in [0.4, 0.5) is 34.4 Å². The smallest absolute Gasteiger partial charge is 0.235 e. The van der Waals surface area contributed by atoms with Gasteiger partial charge in [-0.3, -0.25) is 4.90 Å². The molecule has 0 bridgehead atoms. The minimum absolute atomic E-state index is 0.617. The lowest BCUT2D eigenvalue weighted by molar-refractivity contribution is 1.08. The Kier molecular flexibility index (Phi) is 8.24. The Hall–Kier alpha value is -5.74. The summed E-state index contributed by atoms with van der Waals surface area (Å²) >= 11 is 0. The van der Waals surface area contributed by atoms with E-state index in [4.69, 9.17) is 9.97 Å². The number of benzene rings is 6. The molecule has 7 rings (SSSR count). The van der Waals surface area contributed by atoms with Crippen molar-refractivity contribution in [2.75, 3.05) is 9.80 Å². The summed E-state index contributed by atoms with van der Waals surface area (Å²) in [7, 11) is 0. The quantitative estimate of drug-likeness (QED) is 0.177. The highest BCUT2D eigenvalue weighted by Crippen LogP contribution is 2.44. The average molecular weight is 625 g/mol. The number of nitrogens with zero attached hydrogens (tertiary/aromatic N) is 4. The second-order valence-electron chi connectivity index (χ2n) is 12.8. The summed E-state index contributed by atoms with van der Waals surface area (Å²) in [5, 5.41) is 2.36. The summed E-state index contributed by atoms with van der Waals surface area (Å²) in [6, 6.07) is 45.2. The van der Waals surface area contributed by atoms with Gasteiger partial charge in [-0.15, -0.1) is 0 Å². The third kappa shape index (κ3) is 5.93. The van der Waals surface area contributed by atoms with E-state index in [1.165, 1.54) is 50.1 Å². The SMILES string of the molecule is Cc1cc(C)c(N(c2ccc(N(c3ccc4ccccc4c3)c3nccc(-c4ccccc4)n3)cc2)c2c(C)cc(C)cc2C)c(C)c1. The maximum absolute atomic E-state index is 5.10. The molecular weight excluding hydrogens is 585 g/mol. The Morgan fingerprint density at radius 1 is 0.438 bits per heavy atom. The number of fused-ring (bicyclic) bond motifs is 1. The van der Waals surface area contributed by atoms with Crippen LogP contribution in [0.1, 0.15) is 33.4 Å². The van der Waals surface area contributed by atoms with E-state index in [-0.39, 0.29) is 0 Å². The molecule has 0 aliphatic rings. The zero-order valence-electron chi connectivity index (χ0n) is 28.5. The molecule has 0 saturated carbocycles. The number of anilines is 6. The van der Waals surface area contributed by atoms with Crippen LogP contribution in [0.5, 0.6) is 0 Å². The van der Waals surface area contributed by atoms with E-state index in [9.17, 15) is 0 Å². The Balaban J connectivity index is 1.39. The fourth-order valence-electron chi connectivity index (χ4n) is 7.09. The van der Waals surface area contributed by atoms with Crippen LogP contribution in [-0.2, 0) is 0 Å². The number of aromatic nitrogens is 2. The second-order valence-corrected chi connectivity index (χ2v) is 12.8. The molecule has 48 heavy (non-hydrogen) atoms. The van der Waals surface area contributed by atoms with Crippen molar-refractivity contribution >= 4 is 45.2 Å². The monoisotopic (exact) mass is 624 g/mol. The standard InChI is InChI=1S/C44H40N4/c1-29-24-31(3)42(32(4)25-29)48(43-33(5)26-30(2)27-34(43)6)39-20-18-38(19-21-39)47(40-17-16-35-12-10-11-15-37(35)28-40)44-45-23-22-41(46-44)36-13-8-7-9-14-36/h7-28H,1-6H3. The molecule has 0 saturated heterocycles. The third-order valence-corrected chi connectivity index (χ3v) is 8.99. The topological polar surface area (TPSA) is 32.3 Å². The maximum atomic E-state index is 5.10. The second kappa shape index (κ2) is 12.8. The van der Waals surface area contributed by atoms with Crippen LogP contribution in [0.25, 0.3) is 22.0 Å². The minimum atomic E-state index is 0.617. The first-order valence-electron chi connectivity index (χ1n) is 16.5. The fraction of sp³-hybridized carbons (Fsp3) is 0.136. The molecule has 1 aromatic heterocycles. The first-order valence-corrected chi connectivity index (χ1v) is 16.5. The van der Waals surface area contributed by atoms with Crippen molar-refractivity contribution in [3.05, 3.63) is 167 Å². The van der Waals surface area contributed by atoms with E-state index in [1.54, 1.807) is 0 Å². The summed E-state index contributed by atoms with van der Waals surface area (Å²) < 4.78 is 0. The minimum Gasteiger partial charge on any atom is -0.309 e. The van der Waals surface area contributed by atoms with Crippen molar-refractivity contribution in [3.8, 4) is 11.3 Å². The summed E-state index contributed by atoms with van der Waals surface area (Å²) in [4.78, 5) is 14.5. The molecular formula is C44H40N4. The molecule has 0 aliphatic carbocycles. The van der Waals surface area contributed by atoms with Gasteiger partial charge in [0.2, 0.25) is 5.95 Å². The molecule has 236 valence electrons. The van der Waals surface area contributed by atoms with Gasteiger partial charge in [-0.1, -0.05) is 96.1 Å². The van der Waals surface area contributed by atoms with Crippen LogP contribution in [0, 0.1) is 41.5 Å². The summed E-state index contributed by atoms with van der Waals surface area (Å²) in [5.74, 6) is 0.617. The summed E-state index contributed by atoms with van der Waals surface area (Å²) in [5.41, 5.74) is 15.0. The molecule has 0 unspecified atom stereocenters. The Labute approximate surface area is 284 Å². The van der Waals surface area contributed by atoms with Gasteiger partial charge in [0.05, 0.1) is 17.1 Å². The molecule has 0 amide bonds. The van der Waals surface area contributed by atoms with Crippen LogP contribution in [0.15, 0.2) is 134 Å². The third-order valence-electron chi connectivity index (χ3n) is 8.99. The van der Waals surface area contributed by atoms with Crippen molar-refractivity contribution in [2.24, 2.45) is 0 Å². The molecule has 7 aromatic rings. The van der Waals surface area contributed by atoms with Gasteiger partial charge >= 0.3 is 0 Å². The number of hydrogen-bond acceptors (Lipinski definition) is 4. The maximum Gasteiger partial charge on any atom is 0.235 e. The Morgan fingerprint density at radius 2 is 0.938 bits per heavy atom. The summed E-state index contributed by atoms with van der Waals surface area (Å²) in [6.07, 6.45) is 1.85. The highest BCUT2D eigenvalue weighted by molar-refractivity contribution is 5.89. The highest BCUT2D eigenvalue weighted by Gasteiger charge is 2.23. The molecule has 4 heteroatoms. The molecule has 4 nitrogen and oxygen atoms in total. The van der Waals surface area contributed by atoms with Gasteiger partial charge in [0, 0.05) is 28.8 Å². The van der Waals surface area contributed by atoms with Crippen molar-refractivity contribution in [1.29, 1.82) is 0 Å². The van der Waals surface area contributed by atoms with Crippen molar-refractivity contribution in [3.63, 3.8) is 0 Å². The predicted molar refractivity (Wildman–Crippen MR) is 203 cm³/mol. The first kappa shape index (κ1) is 30.9.